The number of urea groups is 1. The van der Waals surface area contributed by atoms with E-state index in [0.29, 0.717) is 30.2 Å². The molecule has 170 valence electrons. The van der Waals surface area contributed by atoms with Crippen LogP contribution in [0, 0.1) is 11.8 Å². The molecule has 2 aromatic rings. The van der Waals surface area contributed by atoms with Gasteiger partial charge in [0.2, 0.25) is 5.91 Å². The first kappa shape index (κ1) is 24.6. The molecular formula is C20H30N6O4S. The maximum Gasteiger partial charge on any atom is 0.332 e. The molecule has 1 atom stereocenters. The Morgan fingerprint density at radius 3 is 2.32 bits per heavy atom. The Labute approximate surface area is 184 Å². The molecule has 11 heteroatoms. The van der Waals surface area contributed by atoms with Gasteiger partial charge in [-0.2, -0.15) is 0 Å². The van der Waals surface area contributed by atoms with Crippen molar-refractivity contribution >= 4 is 34.7 Å². The van der Waals surface area contributed by atoms with Crippen molar-refractivity contribution < 1.29 is 9.59 Å². The number of nitrogens with one attached hydrogen (secondary N) is 1. The molecule has 31 heavy (non-hydrogen) atoms. The number of hydrogen-bond donors (Lipinski definition) is 2. The van der Waals surface area contributed by atoms with Gasteiger partial charge in [0, 0.05) is 20.0 Å². The largest absolute Gasteiger partial charge is 0.351 e. The molecule has 2 aromatic heterocycles. The quantitative estimate of drug-likeness (QED) is 0.457. The maximum atomic E-state index is 13.0. The number of imide groups is 1. The second kappa shape index (κ2) is 10.1. The first-order chi connectivity index (χ1) is 14.5. The van der Waals surface area contributed by atoms with Gasteiger partial charge in [0.15, 0.2) is 5.65 Å². The van der Waals surface area contributed by atoms with Gasteiger partial charge in [-0.05, 0) is 18.3 Å². The van der Waals surface area contributed by atoms with Gasteiger partial charge in [-0.3, -0.25) is 24.0 Å². The normalized spacial score (nSPS) is 12.5. The highest BCUT2D eigenvalue weighted by Gasteiger charge is 2.28. The smallest absolute Gasteiger partial charge is 0.332 e. The lowest BCUT2D eigenvalue weighted by Crippen LogP contribution is -2.42. The van der Waals surface area contributed by atoms with Crippen molar-refractivity contribution in [1.82, 2.24) is 24.4 Å². The summed E-state index contributed by atoms with van der Waals surface area (Å²) in [5.41, 5.74) is 4.40. The van der Waals surface area contributed by atoms with Crippen LogP contribution < -0.4 is 22.3 Å². The van der Waals surface area contributed by atoms with Crippen LogP contribution in [0.5, 0.6) is 0 Å². The second-order valence-electron chi connectivity index (χ2n) is 8.18. The number of nitrogens with two attached hydrogens (primary N) is 1. The molecule has 0 aliphatic carbocycles. The maximum absolute atomic E-state index is 13.0. The van der Waals surface area contributed by atoms with Crippen LogP contribution in [-0.2, 0) is 24.8 Å². The summed E-state index contributed by atoms with van der Waals surface area (Å²) in [6.45, 7) is 9.99. The van der Waals surface area contributed by atoms with Crippen molar-refractivity contribution in [2.24, 2.45) is 24.6 Å². The molecular weight excluding hydrogens is 420 g/mol. The first-order valence-electron chi connectivity index (χ1n) is 10.2. The zero-order chi connectivity index (χ0) is 23.5. The number of thioether (sulfide) groups is 1. The topological polar surface area (TPSA) is 142 Å². The lowest BCUT2D eigenvalue weighted by atomic mass is 10.1. The Morgan fingerprint density at radius 1 is 1.16 bits per heavy atom. The van der Waals surface area contributed by atoms with E-state index in [0.717, 1.165) is 16.3 Å². The number of carbonyl (C=O) groups excluding carboxylic acids is 2. The SMILES string of the molecule is CCCn1c(=O)n(C)c(=O)c2c(S[C@H](C(=O)NC(N)=O)C(C)C)nc(CC(C)C)nc21. The summed E-state index contributed by atoms with van der Waals surface area (Å²) in [7, 11) is 1.41. The van der Waals surface area contributed by atoms with Gasteiger partial charge in [-0.1, -0.05) is 46.4 Å². The summed E-state index contributed by atoms with van der Waals surface area (Å²) in [4.78, 5) is 58.7. The van der Waals surface area contributed by atoms with Gasteiger partial charge in [0.1, 0.15) is 16.2 Å². The Bertz CT molecular complexity index is 1110. The van der Waals surface area contributed by atoms with Gasteiger partial charge in [0.05, 0.1) is 5.25 Å². The number of rotatable bonds is 8. The Balaban J connectivity index is 2.81. The van der Waals surface area contributed by atoms with Crippen LogP contribution in [0.2, 0.25) is 0 Å². The van der Waals surface area contributed by atoms with Gasteiger partial charge < -0.3 is 5.73 Å². The van der Waals surface area contributed by atoms with E-state index >= 15 is 0 Å². The second-order valence-corrected chi connectivity index (χ2v) is 9.31. The monoisotopic (exact) mass is 450 g/mol. The van der Waals surface area contributed by atoms with E-state index in [1.54, 1.807) is 0 Å². The Kier molecular flexibility index (Phi) is 7.99. The minimum absolute atomic E-state index is 0.186. The molecule has 0 aliphatic rings. The number of amides is 3. The van der Waals surface area contributed by atoms with Crippen LogP contribution in [0.25, 0.3) is 11.0 Å². The third-order valence-corrected chi connectivity index (χ3v) is 6.11. The average molecular weight is 451 g/mol. The van der Waals surface area contributed by atoms with Crippen molar-refractivity contribution in [2.75, 3.05) is 0 Å². The number of fused-ring (bicyclic) bond motifs is 1. The first-order valence-corrected chi connectivity index (χ1v) is 11.1. The van der Waals surface area contributed by atoms with Crippen LogP contribution >= 0.6 is 11.8 Å². The molecule has 3 amide bonds. The predicted octanol–water partition coefficient (Wildman–Crippen LogP) is 1.41. The minimum atomic E-state index is -0.947. The van der Waals surface area contributed by atoms with Gasteiger partial charge in [-0.25, -0.2) is 19.6 Å². The molecule has 3 N–H and O–H groups in total. The van der Waals surface area contributed by atoms with E-state index < -0.39 is 28.4 Å². The summed E-state index contributed by atoms with van der Waals surface area (Å²) in [5.74, 6) is -0.0238. The summed E-state index contributed by atoms with van der Waals surface area (Å²) >= 11 is 1.07. The number of aromatic nitrogens is 4. The zero-order valence-corrected chi connectivity index (χ0v) is 19.6. The van der Waals surface area contributed by atoms with Gasteiger partial charge >= 0.3 is 11.7 Å². The van der Waals surface area contributed by atoms with Crippen LogP contribution in [0.1, 0.15) is 46.9 Å². The van der Waals surface area contributed by atoms with E-state index in [-0.39, 0.29) is 22.9 Å². The zero-order valence-electron chi connectivity index (χ0n) is 18.8. The lowest BCUT2D eigenvalue weighted by molar-refractivity contribution is -0.120. The molecule has 2 heterocycles. The van der Waals surface area contributed by atoms with Crippen LogP contribution in [0.4, 0.5) is 4.79 Å². The number of hydrogen-bond acceptors (Lipinski definition) is 7. The summed E-state index contributed by atoms with van der Waals surface area (Å²) in [6.07, 6.45) is 1.22. The van der Waals surface area contributed by atoms with E-state index in [1.165, 1.54) is 11.6 Å². The number of nitrogens with zero attached hydrogens (tertiary/aromatic N) is 4. The molecule has 0 bridgehead atoms. The van der Waals surface area contributed by atoms with Crippen LogP contribution in [0.3, 0.4) is 0 Å². The molecule has 2 rings (SSSR count). The summed E-state index contributed by atoms with van der Waals surface area (Å²) in [5, 5.41) is 1.87. The number of carbonyl (C=O) groups is 2. The minimum Gasteiger partial charge on any atom is -0.351 e. The van der Waals surface area contributed by atoms with Crippen molar-refractivity contribution in [3.05, 3.63) is 26.7 Å². The van der Waals surface area contributed by atoms with E-state index in [1.807, 2.05) is 34.6 Å². The highest BCUT2D eigenvalue weighted by atomic mass is 32.2. The number of primary amides is 1. The molecule has 0 radical (unpaired) electrons. The van der Waals surface area contributed by atoms with Crippen molar-refractivity contribution in [1.29, 1.82) is 0 Å². The van der Waals surface area contributed by atoms with Gasteiger partial charge in [-0.15, -0.1) is 0 Å². The van der Waals surface area contributed by atoms with Crippen molar-refractivity contribution in [2.45, 2.75) is 64.3 Å². The summed E-state index contributed by atoms with van der Waals surface area (Å²) < 4.78 is 2.50. The molecule has 0 saturated carbocycles. The molecule has 10 nitrogen and oxygen atoms in total. The summed E-state index contributed by atoms with van der Waals surface area (Å²) in [6, 6.07) is -0.947. The Morgan fingerprint density at radius 2 is 1.81 bits per heavy atom. The molecule has 0 aliphatic heterocycles. The van der Waals surface area contributed by atoms with E-state index in [2.05, 4.69) is 15.3 Å². The van der Waals surface area contributed by atoms with E-state index in [9.17, 15) is 19.2 Å². The lowest BCUT2D eigenvalue weighted by Gasteiger charge is -2.20. The fourth-order valence-corrected chi connectivity index (χ4v) is 4.29. The van der Waals surface area contributed by atoms with Gasteiger partial charge in [0.25, 0.3) is 5.56 Å². The molecule has 0 unspecified atom stereocenters. The molecule has 0 fully saturated rings. The molecule has 0 spiro atoms. The van der Waals surface area contributed by atoms with Crippen LogP contribution in [-0.4, -0.2) is 36.3 Å². The van der Waals surface area contributed by atoms with Crippen molar-refractivity contribution in [3.8, 4) is 0 Å². The molecule has 0 aromatic carbocycles. The highest BCUT2D eigenvalue weighted by molar-refractivity contribution is 8.00. The third kappa shape index (κ3) is 5.52. The van der Waals surface area contributed by atoms with Crippen LogP contribution in [0.15, 0.2) is 14.6 Å². The fourth-order valence-electron chi connectivity index (χ4n) is 3.15. The van der Waals surface area contributed by atoms with Crippen molar-refractivity contribution in [3.63, 3.8) is 0 Å². The Hall–Kier alpha value is -2.69. The molecule has 0 saturated heterocycles. The third-order valence-electron chi connectivity index (χ3n) is 4.58. The highest BCUT2D eigenvalue weighted by Crippen LogP contribution is 2.31. The fraction of sp³-hybridized carbons (Fsp3) is 0.600. The number of aryl methyl sites for hydroxylation is 1. The van der Waals surface area contributed by atoms with E-state index in [4.69, 9.17) is 5.73 Å². The standard InChI is InChI=1S/C20H30N6O4S/c1-7-8-26-15-13(18(28)25(6)20(26)30)17(23-12(22-15)9-10(2)3)31-14(11(4)5)16(27)24-19(21)29/h10-11,14H,7-9H2,1-6H3,(H3,21,24,27,29)/t14-/m0/s1. The predicted molar refractivity (Wildman–Crippen MR) is 120 cm³/mol. The average Bonchev–Trinajstić information content (AvgIpc) is 2.65.